The molecule has 0 bridgehead atoms. The van der Waals surface area contributed by atoms with Crippen molar-refractivity contribution in [2.75, 3.05) is 20.3 Å². The third kappa shape index (κ3) is 7.34. The van der Waals surface area contributed by atoms with Crippen LogP contribution in [-0.2, 0) is 16.1 Å². The molecule has 1 saturated heterocycles. The maximum absolute atomic E-state index is 13.0. The molecule has 3 aromatic rings. The zero-order valence-electron chi connectivity index (χ0n) is 21.6. The summed E-state index contributed by atoms with van der Waals surface area (Å²) >= 11 is 9.59. The smallest absolute Gasteiger partial charge is 0.338 e. The van der Waals surface area contributed by atoms with E-state index in [-0.39, 0.29) is 11.9 Å². The Kier molecular flexibility index (Phi) is 9.93. The van der Waals surface area contributed by atoms with Gasteiger partial charge in [-0.15, -0.1) is 0 Å². The Labute approximate surface area is 250 Å². The molecule has 1 fully saturated rings. The highest BCUT2D eigenvalue weighted by Gasteiger charge is 2.30. The van der Waals surface area contributed by atoms with Gasteiger partial charge in [-0.25, -0.2) is 9.79 Å². The number of benzene rings is 3. The van der Waals surface area contributed by atoms with E-state index in [9.17, 15) is 9.59 Å². The lowest BCUT2D eigenvalue weighted by Crippen LogP contribution is -2.23. The number of amidine groups is 1. The van der Waals surface area contributed by atoms with Crippen molar-refractivity contribution < 1.29 is 23.8 Å². The van der Waals surface area contributed by atoms with Crippen LogP contribution in [0.1, 0.15) is 35.3 Å². The number of esters is 1. The van der Waals surface area contributed by atoms with Crippen LogP contribution in [0.15, 0.2) is 70.6 Å². The number of hydrogen-bond acceptors (Lipinski definition) is 7. The van der Waals surface area contributed by atoms with Crippen molar-refractivity contribution in [3.8, 4) is 11.5 Å². The Morgan fingerprint density at radius 1 is 1.08 bits per heavy atom. The fourth-order valence-corrected chi connectivity index (χ4v) is 5.64. The molecular weight excluding hydrogens is 651 g/mol. The van der Waals surface area contributed by atoms with Crippen LogP contribution in [0.25, 0.3) is 6.08 Å². The maximum Gasteiger partial charge on any atom is 0.338 e. The first-order valence-corrected chi connectivity index (χ1v) is 14.4. The minimum absolute atomic E-state index is 0.156. The lowest BCUT2D eigenvalue weighted by molar-refractivity contribution is -0.121. The number of rotatable bonds is 9. The molecule has 0 radical (unpaired) electrons. The van der Waals surface area contributed by atoms with Crippen LogP contribution in [0, 0.1) is 3.57 Å². The second kappa shape index (κ2) is 13.4. The average Bonchev–Trinajstić information content (AvgIpc) is 3.16. The van der Waals surface area contributed by atoms with E-state index in [4.69, 9.17) is 25.8 Å². The Hall–Kier alpha value is -3.02. The number of amides is 1. The van der Waals surface area contributed by atoms with Crippen molar-refractivity contribution in [1.29, 1.82) is 0 Å². The SMILES string of the molecule is CCOC(=O)c1ccc(N=C2S/C(=C\c3cc(I)c(OCc4cccc(Cl)c4)c(OCC)c3)C(=O)N2C)cc1. The minimum Gasteiger partial charge on any atom is -0.490 e. The van der Waals surface area contributed by atoms with Gasteiger partial charge in [0.05, 0.1) is 32.9 Å². The Bertz CT molecular complexity index is 1440. The topological polar surface area (TPSA) is 77.4 Å². The molecule has 3 aromatic carbocycles. The van der Waals surface area contributed by atoms with Crippen LogP contribution < -0.4 is 9.47 Å². The summed E-state index contributed by atoms with van der Waals surface area (Å²) in [7, 11) is 1.68. The second-order valence-corrected chi connectivity index (χ2v) is 10.9. The molecule has 0 aromatic heterocycles. The van der Waals surface area contributed by atoms with Gasteiger partial charge in [-0.1, -0.05) is 23.7 Å². The third-order valence-corrected chi connectivity index (χ3v) is 7.60. The number of hydrogen-bond donors (Lipinski definition) is 0. The molecule has 0 N–H and O–H groups in total. The highest BCUT2D eigenvalue weighted by atomic mass is 127. The lowest BCUT2D eigenvalue weighted by atomic mass is 10.1. The zero-order valence-corrected chi connectivity index (χ0v) is 25.3. The number of nitrogens with zero attached hydrogens (tertiary/aromatic N) is 2. The molecule has 4 rings (SSSR count). The minimum atomic E-state index is -0.383. The molecule has 0 atom stereocenters. The van der Waals surface area contributed by atoms with Crippen molar-refractivity contribution >= 4 is 74.8 Å². The number of aliphatic imine (C=N–C) groups is 1. The van der Waals surface area contributed by atoms with Crippen LogP contribution in [0.5, 0.6) is 11.5 Å². The molecule has 0 saturated carbocycles. The first kappa shape index (κ1) is 29.0. The fraction of sp³-hybridized carbons (Fsp3) is 0.207. The molecule has 0 unspecified atom stereocenters. The summed E-state index contributed by atoms with van der Waals surface area (Å²) in [5.41, 5.74) is 2.83. The van der Waals surface area contributed by atoms with E-state index in [0.717, 1.165) is 14.7 Å². The Balaban J connectivity index is 1.55. The van der Waals surface area contributed by atoms with Gasteiger partial charge in [0.2, 0.25) is 0 Å². The summed E-state index contributed by atoms with van der Waals surface area (Å²) in [6, 6.07) is 18.1. The van der Waals surface area contributed by atoms with Crippen LogP contribution in [0.2, 0.25) is 5.02 Å². The molecule has 0 spiro atoms. The standard InChI is InChI=1S/C29H26ClIN2O5S/c1-4-36-24-15-19(14-23(31)26(24)38-17-18-7-6-8-21(30)13-18)16-25-27(34)33(3)29(39-25)32-22-11-9-20(10-12-22)28(35)37-5-2/h6-16H,4-5,17H2,1-3H3/b25-16-,32-29?. The number of halogens is 2. The van der Waals surface area contributed by atoms with E-state index in [1.807, 2.05) is 49.4 Å². The maximum atomic E-state index is 13.0. The molecule has 0 aliphatic carbocycles. The van der Waals surface area contributed by atoms with Crippen LogP contribution in [0.3, 0.4) is 0 Å². The van der Waals surface area contributed by atoms with Gasteiger partial charge in [0, 0.05) is 12.1 Å². The Morgan fingerprint density at radius 2 is 1.85 bits per heavy atom. The van der Waals surface area contributed by atoms with E-state index in [1.165, 1.54) is 16.7 Å². The van der Waals surface area contributed by atoms with Crippen molar-refractivity contribution in [2.24, 2.45) is 4.99 Å². The first-order valence-electron chi connectivity index (χ1n) is 12.2. The molecule has 1 amide bonds. The summed E-state index contributed by atoms with van der Waals surface area (Å²) in [4.78, 5) is 31.5. The highest BCUT2D eigenvalue weighted by Crippen LogP contribution is 2.38. The van der Waals surface area contributed by atoms with Gasteiger partial charge < -0.3 is 14.2 Å². The molecule has 7 nitrogen and oxygen atoms in total. The van der Waals surface area contributed by atoms with Gasteiger partial charge in [-0.05, 0) is 114 Å². The van der Waals surface area contributed by atoms with Crippen LogP contribution in [-0.4, -0.2) is 42.2 Å². The summed E-state index contributed by atoms with van der Waals surface area (Å²) in [5, 5.41) is 1.19. The average molecular weight is 677 g/mol. The first-order chi connectivity index (χ1) is 18.8. The van der Waals surface area contributed by atoms with Crippen molar-refractivity contribution in [3.05, 3.63) is 90.9 Å². The van der Waals surface area contributed by atoms with E-state index in [2.05, 4.69) is 27.6 Å². The van der Waals surface area contributed by atoms with Crippen LogP contribution >= 0.6 is 46.0 Å². The summed E-state index contributed by atoms with van der Waals surface area (Å²) in [5.74, 6) is 0.691. The molecule has 1 aliphatic heterocycles. The molecule has 1 heterocycles. The van der Waals surface area contributed by atoms with Gasteiger partial charge in [0.1, 0.15) is 6.61 Å². The van der Waals surface area contributed by atoms with Gasteiger partial charge in [0.25, 0.3) is 5.91 Å². The number of likely N-dealkylation sites (N-methyl/N-ethyl adjacent to an activating group) is 1. The highest BCUT2D eigenvalue weighted by molar-refractivity contribution is 14.1. The van der Waals surface area contributed by atoms with Gasteiger partial charge in [-0.2, -0.15) is 0 Å². The molecule has 39 heavy (non-hydrogen) atoms. The quantitative estimate of drug-likeness (QED) is 0.134. The summed E-state index contributed by atoms with van der Waals surface area (Å²) in [6.45, 7) is 4.79. The normalized spacial score (nSPS) is 15.2. The number of ether oxygens (including phenoxy) is 3. The lowest BCUT2D eigenvalue weighted by Gasteiger charge is -2.15. The summed E-state index contributed by atoms with van der Waals surface area (Å²) < 4.78 is 17.9. The summed E-state index contributed by atoms with van der Waals surface area (Å²) in [6.07, 6.45) is 1.82. The number of carbonyl (C=O) groups excluding carboxylic acids is 2. The predicted octanol–water partition coefficient (Wildman–Crippen LogP) is 7.33. The van der Waals surface area contributed by atoms with E-state index < -0.39 is 0 Å². The Morgan fingerprint density at radius 3 is 2.54 bits per heavy atom. The monoisotopic (exact) mass is 676 g/mol. The van der Waals surface area contributed by atoms with Crippen LogP contribution in [0.4, 0.5) is 5.69 Å². The largest absolute Gasteiger partial charge is 0.490 e. The predicted molar refractivity (Wildman–Crippen MR) is 164 cm³/mol. The van der Waals surface area contributed by atoms with Gasteiger partial charge in [-0.3, -0.25) is 9.69 Å². The zero-order chi connectivity index (χ0) is 27.9. The molecule has 202 valence electrons. The van der Waals surface area contributed by atoms with Crippen molar-refractivity contribution in [3.63, 3.8) is 0 Å². The molecular formula is C29H26ClIN2O5S. The van der Waals surface area contributed by atoms with Gasteiger partial charge >= 0.3 is 5.97 Å². The number of carbonyl (C=O) groups is 2. The number of thioether (sulfide) groups is 1. The fourth-order valence-electron chi connectivity index (χ4n) is 3.66. The molecule has 10 heteroatoms. The van der Waals surface area contributed by atoms with E-state index >= 15 is 0 Å². The van der Waals surface area contributed by atoms with Gasteiger partial charge in [0.15, 0.2) is 16.7 Å². The van der Waals surface area contributed by atoms with E-state index in [0.29, 0.717) is 57.7 Å². The van der Waals surface area contributed by atoms with Crippen molar-refractivity contribution in [2.45, 2.75) is 20.5 Å². The van der Waals surface area contributed by atoms with Crippen molar-refractivity contribution in [1.82, 2.24) is 4.90 Å². The third-order valence-electron chi connectivity index (χ3n) is 5.51. The van der Waals surface area contributed by atoms with E-state index in [1.54, 1.807) is 38.2 Å². The molecule has 1 aliphatic rings. The second-order valence-electron chi connectivity index (χ2n) is 8.32.